The summed E-state index contributed by atoms with van der Waals surface area (Å²) in [5, 5.41) is 11.5. The minimum Gasteiger partial charge on any atom is -0.480 e. The first-order valence-electron chi connectivity index (χ1n) is 6.71. The molecule has 0 spiro atoms. The number of hydrogen-bond donors (Lipinski definition) is 2. The molecule has 104 valence electrons. The van der Waals surface area contributed by atoms with Gasteiger partial charge in [0.25, 0.3) is 0 Å². The summed E-state index contributed by atoms with van der Waals surface area (Å²) in [4.78, 5) is 24.5. The van der Waals surface area contributed by atoms with E-state index in [1.54, 1.807) is 18.9 Å². The molecule has 1 rings (SSSR count). The van der Waals surface area contributed by atoms with Crippen molar-refractivity contribution in [3.8, 4) is 0 Å². The monoisotopic (exact) mass is 256 g/mol. The Morgan fingerprint density at radius 2 is 1.89 bits per heavy atom. The Bertz CT molecular complexity index is 299. The van der Waals surface area contributed by atoms with Crippen LogP contribution in [0.3, 0.4) is 0 Å². The lowest BCUT2D eigenvalue weighted by atomic mass is 9.87. The Labute approximate surface area is 109 Å². The van der Waals surface area contributed by atoms with Crippen molar-refractivity contribution >= 4 is 12.0 Å². The van der Waals surface area contributed by atoms with Crippen molar-refractivity contribution in [2.24, 2.45) is 5.92 Å². The number of carboxylic acid groups (broad SMARTS) is 1. The minimum absolute atomic E-state index is 0.243. The smallest absolute Gasteiger partial charge is 0.326 e. The van der Waals surface area contributed by atoms with Crippen LogP contribution in [0.1, 0.15) is 46.0 Å². The van der Waals surface area contributed by atoms with E-state index >= 15 is 0 Å². The Hall–Kier alpha value is -1.26. The molecule has 0 aromatic heterocycles. The first-order chi connectivity index (χ1) is 8.45. The molecule has 0 aliphatic heterocycles. The highest BCUT2D eigenvalue weighted by atomic mass is 16.4. The number of rotatable bonds is 4. The quantitative estimate of drug-likeness (QED) is 0.809. The molecule has 0 unspecified atom stereocenters. The number of carbonyl (C=O) groups is 2. The molecule has 0 saturated heterocycles. The van der Waals surface area contributed by atoms with Crippen LogP contribution in [-0.2, 0) is 4.79 Å². The lowest BCUT2D eigenvalue weighted by Gasteiger charge is -2.34. The maximum atomic E-state index is 11.9. The number of amides is 2. The molecule has 5 nitrogen and oxygen atoms in total. The van der Waals surface area contributed by atoms with E-state index in [-0.39, 0.29) is 12.1 Å². The maximum Gasteiger partial charge on any atom is 0.326 e. The standard InChI is InChI=1S/C13H24N2O3/c1-4-11(12(16)17)14-13(18)15(3)10-7-5-9(2)6-8-10/h9-11H,4-8H2,1-3H3,(H,14,18)(H,16,17)/t9?,10?,11-/m0/s1. The maximum absolute atomic E-state index is 11.9. The van der Waals surface area contributed by atoms with Gasteiger partial charge < -0.3 is 15.3 Å². The summed E-state index contributed by atoms with van der Waals surface area (Å²) in [6.07, 6.45) is 4.69. The Balaban J connectivity index is 2.48. The third-order valence-electron chi connectivity index (χ3n) is 3.86. The molecule has 2 amide bonds. The number of nitrogens with zero attached hydrogens (tertiary/aromatic N) is 1. The summed E-state index contributed by atoms with van der Waals surface area (Å²) < 4.78 is 0. The van der Waals surface area contributed by atoms with Gasteiger partial charge in [-0.15, -0.1) is 0 Å². The zero-order chi connectivity index (χ0) is 13.7. The van der Waals surface area contributed by atoms with Gasteiger partial charge in [-0.3, -0.25) is 0 Å². The van der Waals surface area contributed by atoms with Crippen molar-refractivity contribution in [3.63, 3.8) is 0 Å². The van der Waals surface area contributed by atoms with Gasteiger partial charge in [-0.1, -0.05) is 13.8 Å². The largest absolute Gasteiger partial charge is 0.480 e. The highest BCUT2D eigenvalue weighted by Gasteiger charge is 2.27. The number of aliphatic carboxylic acids is 1. The van der Waals surface area contributed by atoms with Gasteiger partial charge in [0, 0.05) is 13.1 Å². The molecule has 18 heavy (non-hydrogen) atoms. The van der Waals surface area contributed by atoms with Gasteiger partial charge in [0.05, 0.1) is 0 Å². The molecule has 1 atom stereocenters. The predicted molar refractivity (Wildman–Crippen MR) is 69.4 cm³/mol. The van der Waals surface area contributed by atoms with Crippen LogP contribution in [0.25, 0.3) is 0 Å². The minimum atomic E-state index is -0.975. The summed E-state index contributed by atoms with van der Waals surface area (Å²) in [6.45, 7) is 3.98. The number of carboxylic acids is 1. The molecule has 0 heterocycles. The van der Waals surface area contributed by atoms with E-state index in [2.05, 4.69) is 12.2 Å². The highest BCUT2D eigenvalue weighted by Crippen LogP contribution is 2.26. The van der Waals surface area contributed by atoms with Crippen molar-refractivity contribution < 1.29 is 14.7 Å². The second-order valence-corrected chi connectivity index (χ2v) is 5.27. The Morgan fingerprint density at radius 1 is 1.33 bits per heavy atom. The third-order valence-corrected chi connectivity index (χ3v) is 3.86. The average Bonchev–Trinajstić information content (AvgIpc) is 2.35. The first kappa shape index (κ1) is 14.8. The predicted octanol–water partition coefficient (Wildman–Crippen LogP) is 2.07. The fourth-order valence-corrected chi connectivity index (χ4v) is 2.38. The highest BCUT2D eigenvalue weighted by molar-refractivity contribution is 5.82. The topological polar surface area (TPSA) is 69.6 Å². The first-order valence-corrected chi connectivity index (χ1v) is 6.71. The van der Waals surface area contributed by atoms with Crippen LogP contribution in [0.2, 0.25) is 0 Å². The molecule has 2 N–H and O–H groups in total. The number of urea groups is 1. The third kappa shape index (κ3) is 3.89. The molecule has 0 radical (unpaired) electrons. The van der Waals surface area contributed by atoms with E-state index < -0.39 is 12.0 Å². The SMILES string of the molecule is CC[C@H](NC(=O)N(C)C1CCC(C)CC1)C(=O)O. The van der Waals surface area contributed by atoms with E-state index in [1.807, 2.05) is 0 Å². The lowest BCUT2D eigenvalue weighted by molar-refractivity contribution is -0.139. The molecule has 1 aliphatic rings. The van der Waals surface area contributed by atoms with Crippen molar-refractivity contribution in [1.82, 2.24) is 10.2 Å². The van der Waals surface area contributed by atoms with Crippen molar-refractivity contribution in [2.75, 3.05) is 7.05 Å². The zero-order valence-electron chi connectivity index (χ0n) is 11.5. The summed E-state index contributed by atoms with van der Waals surface area (Å²) in [5.74, 6) is -0.239. The van der Waals surface area contributed by atoms with E-state index in [4.69, 9.17) is 5.11 Å². The summed E-state index contributed by atoms with van der Waals surface area (Å²) in [6, 6.07) is -0.821. The van der Waals surface area contributed by atoms with Gasteiger partial charge in [0.2, 0.25) is 0 Å². The van der Waals surface area contributed by atoms with Gasteiger partial charge in [-0.05, 0) is 38.0 Å². The van der Waals surface area contributed by atoms with Crippen molar-refractivity contribution in [3.05, 3.63) is 0 Å². The van der Waals surface area contributed by atoms with Crippen LogP contribution in [0.5, 0.6) is 0 Å². The molecule has 0 aromatic rings. The molecule has 0 aromatic carbocycles. The number of hydrogen-bond acceptors (Lipinski definition) is 2. The van der Waals surface area contributed by atoms with E-state index in [9.17, 15) is 9.59 Å². The van der Waals surface area contributed by atoms with Crippen LogP contribution in [0, 0.1) is 5.92 Å². The fraction of sp³-hybridized carbons (Fsp3) is 0.846. The second kappa shape index (κ2) is 6.61. The van der Waals surface area contributed by atoms with E-state index in [0.29, 0.717) is 6.42 Å². The number of carbonyl (C=O) groups excluding carboxylic acids is 1. The van der Waals surface area contributed by atoms with E-state index in [1.165, 1.54) is 0 Å². The molecular formula is C13H24N2O3. The molecule has 1 fully saturated rings. The fourth-order valence-electron chi connectivity index (χ4n) is 2.38. The number of nitrogens with one attached hydrogen (secondary N) is 1. The van der Waals surface area contributed by atoms with Gasteiger partial charge >= 0.3 is 12.0 Å². The van der Waals surface area contributed by atoms with Gasteiger partial charge in [0.15, 0.2) is 0 Å². The second-order valence-electron chi connectivity index (χ2n) is 5.27. The Morgan fingerprint density at radius 3 is 2.33 bits per heavy atom. The normalized spacial score (nSPS) is 25.3. The van der Waals surface area contributed by atoms with Crippen LogP contribution in [0.4, 0.5) is 4.79 Å². The van der Waals surface area contributed by atoms with Crippen LogP contribution >= 0.6 is 0 Å². The zero-order valence-corrected chi connectivity index (χ0v) is 11.5. The lowest BCUT2D eigenvalue weighted by Crippen LogP contribution is -2.50. The van der Waals surface area contributed by atoms with Gasteiger partial charge in [-0.2, -0.15) is 0 Å². The molecule has 1 saturated carbocycles. The molecule has 5 heteroatoms. The molecular weight excluding hydrogens is 232 g/mol. The average molecular weight is 256 g/mol. The van der Waals surface area contributed by atoms with Gasteiger partial charge in [-0.25, -0.2) is 9.59 Å². The summed E-state index contributed by atoms with van der Waals surface area (Å²) >= 11 is 0. The molecule has 1 aliphatic carbocycles. The molecule has 0 bridgehead atoms. The Kier molecular flexibility index (Phi) is 5.44. The van der Waals surface area contributed by atoms with Crippen LogP contribution < -0.4 is 5.32 Å². The summed E-state index contributed by atoms with van der Waals surface area (Å²) in [5.41, 5.74) is 0. The van der Waals surface area contributed by atoms with Crippen molar-refractivity contribution in [2.45, 2.75) is 58.0 Å². The summed E-state index contributed by atoms with van der Waals surface area (Å²) in [7, 11) is 1.75. The van der Waals surface area contributed by atoms with Crippen LogP contribution in [-0.4, -0.2) is 41.1 Å². The van der Waals surface area contributed by atoms with E-state index in [0.717, 1.165) is 31.6 Å². The van der Waals surface area contributed by atoms with Crippen molar-refractivity contribution in [1.29, 1.82) is 0 Å². The van der Waals surface area contributed by atoms with Crippen LogP contribution in [0.15, 0.2) is 0 Å². The van der Waals surface area contributed by atoms with Gasteiger partial charge in [0.1, 0.15) is 6.04 Å².